The molecule has 0 aliphatic heterocycles. The Kier molecular flexibility index (Phi) is 29.3. The number of unbranched alkanes of at least 4 members (excludes halogenated alkanes) is 9. The van der Waals surface area contributed by atoms with E-state index in [4.69, 9.17) is 4.74 Å². The van der Waals surface area contributed by atoms with Crippen LogP contribution in [-0.4, -0.2) is 44.3 Å². The summed E-state index contributed by atoms with van der Waals surface area (Å²) in [4.78, 5) is 14.8. The van der Waals surface area contributed by atoms with E-state index in [1.807, 2.05) is 14.1 Å². The fourth-order valence-electron chi connectivity index (χ4n) is 4.64. The van der Waals surface area contributed by atoms with Gasteiger partial charge in [-0.05, 0) is 104 Å². The van der Waals surface area contributed by atoms with Gasteiger partial charge in [-0.3, -0.25) is 0 Å². The van der Waals surface area contributed by atoms with E-state index in [9.17, 15) is 4.79 Å². The van der Waals surface area contributed by atoms with E-state index in [0.29, 0.717) is 6.54 Å². The molecule has 0 aromatic rings. The van der Waals surface area contributed by atoms with Gasteiger partial charge in [0.15, 0.2) is 0 Å². The maximum atomic E-state index is 12.8. The highest BCUT2D eigenvalue weighted by Crippen LogP contribution is 2.23. The lowest BCUT2D eigenvalue weighted by atomic mass is 9.91. The molecule has 236 valence electrons. The quantitative estimate of drug-likeness (QED) is 0.0789. The van der Waals surface area contributed by atoms with Crippen molar-refractivity contribution in [3.05, 3.63) is 60.8 Å². The van der Waals surface area contributed by atoms with Gasteiger partial charge in [0.25, 0.3) is 0 Å². The zero-order valence-electron chi connectivity index (χ0n) is 27.6. The van der Waals surface area contributed by atoms with Crippen LogP contribution in [0.2, 0.25) is 0 Å². The minimum atomic E-state index is -0.287. The van der Waals surface area contributed by atoms with Crippen molar-refractivity contribution in [1.82, 2.24) is 10.2 Å². The highest BCUT2D eigenvalue weighted by atomic mass is 16.6. The Balaban J connectivity index is 5.25. The van der Waals surface area contributed by atoms with Gasteiger partial charge in [0.1, 0.15) is 6.10 Å². The summed E-state index contributed by atoms with van der Waals surface area (Å²) < 4.78 is 6.11. The largest absolute Gasteiger partial charge is 0.446 e. The van der Waals surface area contributed by atoms with Crippen LogP contribution >= 0.6 is 0 Å². The molecule has 0 aliphatic rings. The summed E-state index contributed by atoms with van der Waals surface area (Å²) in [6.07, 6.45) is 41.7. The number of allylic oxidation sites excluding steroid dienone is 9. The minimum absolute atomic E-state index is 0.105. The Morgan fingerprint density at radius 3 is 1.88 bits per heavy atom. The molecule has 4 heteroatoms. The third-order valence-electron chi connectivity index (χ3n) is 7.17. The van der Waals surface area contributed by atoms with E-state index in [1.165, 1.54) is 44.9 Å². The van der Waals surface area contributed by atoms with Crippen molar-refractivity contribution in [1.29, 1.82) is 0 Å². The number of rotatable bonds is 27. The topological polar surface area (TPSA) is 41.6 Å². The van der Waals surface area contributed by atoms with Gasteiger partial charge in [0.2, 0.25) is 0 Å². The van der Waals surface area contributed by atoms with Crippen LogP contribution in [0.5, 0.6) is 0 Å². The molecule has 0 aliphatic carbocycles. The van der Waals surface area contributed by atoms with Crippen molar-refractivity contribution in [3.63, 3.8) is 0 Å². The molecule has 0 saturated heterocycles. The Hall–Kier alpha value is -2.07. The van der Waals surface area contributed by atoms with Crippen LogP contribution < -0.4 is 5.32 Å². The Bertz CT molecular complexity index is 720. The van der Waals surface area contributed by atoms with Crippen LogP contribution in [0.1, 0.15) is 130 Å². The summed E-state index contributed by atoms with van der Waals surface area (Å²) in [7, 11) is 4.03. The van der Waals surface area contributed by atoms with Crippen molar-refractivity contribution in [2.45, 2.75) is 136 Å². The van der Waals surface area contributed by atoms with Crippen molar-refractivity contribution < 1.29 is 9.53 Å². The van der Waals surface area contributed by atoms with E-state index >= 15 is 0 Å². The first-order valence-corrected chi connectivity index (χ1v) is 16.9. The second kappa shape index (κ2) is 30.9. The van der Waals surface area contributed by atoms with E-state index in [-0.39, 0.29) is 18.1 Å². The highest BCUT2D eigenvalue weighted by molar-refractivity contribution is 5.67. The summed E-state index contributed by atoms with van der Waals surface area (Å²) in [6, 6.07) is 0. The van der Waals surface area contributed by atoms with E-state index in [1.54, 1.807) is 0 Å². The average Bonchev–Trinajstić information content (AvgIpc) is 2.95. The molecule has 0 heterocycles. The smallest absolute Gasteiger partial charge is 0.407 e. The summed E-state index contributed by atoms with van der Waals surface area (Å²) in [6.45, 7) is 7.97. The van der Waals surface area contributed by atoms with Crippen LogP contribution in [0.4, 0.5) is 4.79 Å². The molecule has 0 rings (SSSR count). The van der Waals surface area contributed by atoms with Gasteiger partial charge < -0.3 is 15.0 Å². The first-order valence-electron chi connectivity index (χ1n) is 16.9. The highest BCUT2D eigenvalue weighted by Gasteiger charge is 2.22. The van der Waals surface area contributed by atoms with E-state index < -0.39 is 0 Å². The van der Waals surface area contributed by atoms with Crippen LogP contribution in [0.25, 0.3) is 0 Å². The normalized spacial score (nSPS) is 14.0. The SMILES string of the molecule is C/C=C/CC/C=C\CCCC(/C=C\C/C=C\CCCCC)C(CCC/C=C\CCCCC)OC(=O)NCCN(C)C. The Morgan fingerprint density at radius 1 is 0.707 bits per heavy atom. The fourth-order valence-corrected chi connectivity index (χ4v) is 4.64. The van der Waals surface area contributed by atoms with Crippen molar-refractivity contribution >= 4 is 6.09 Å². The molecule has 0 aromatic heterocycles. The molecule has 1 N–H and O–H groups in total. The van der Waals surface area contributed by atoms with Crippen molar-refractivity contribution in [2.24, 2.45) is 5.92 Å². The standard InChI is InChI=1S/C37H66N2O2/c1-6-9-12-15-18-21-24-27-30-35(31-28-25-22-19-16-13-10-7-2)36(41-37(40)38-33-34-39(4)5)32-29-26-23-20-17-14-11-8-3/h6,9,18-23,28,31,35-36H,7-8,10-17,24-27,29-30,32-34H2,1-5H3,(H,38,40)/b9-6+,21-18-,22-19-,23-20-,31-28-. The second-order valence-electron chi connectivity index (χ2n) is 11.4. The predicted octanol–water partition coefficient (Wildman–Crippen LogP) is 10.7. The van der Waals surface area contributed by atoms with Gasteiger partial charge in [0, 0.05) is 19.0 Å². The Labute approximate surface area is 255 Å². The third-order valence-corrected chi connectivity index (χ3v) is 7.17. The molecular weight excluding hydrogens is 504 g/mol. The fraction of sp³-hybridized carbons (Fsp3) is 0.703. The van der Waals surface area contributed by atoms with Gasteiger partial charge >= 0.3 is 6.09 Å². The monoisotopic (exact) mass is 571 g/mol. The zero-order chi connectivity index (χ0) is 30.2. The molecule has 1 amide bonds. The molecule has 0 saturated carbocycles. The maximum Gasteiger partial charge on any atom is 0.407 e. The molecule has 0 fully saturated rings. The number of nitrogens with one attached hydrogen (secondary N) is 1. The minimum Gasteiger partial charge on any atom is -0.446 e. The van der Waals surface area contributed by atoms with Gasteiger partial charge in [-0.25, -0.2) is 4.79 Å². The number of carbonyl (C=O) groups excluding carboxylic acids is 1. The van der Waals surface area contributed by atoms with E-state index in [0.717, 1.165) is 70.8 Å². The van der Waals surface area contributed by atoms with Crippen LogP contribution in [0.15, 0.2) is 60.8 Å². The van der Waals surface area contributed by atoms with Crippen molar-refractivity contribution in [2.75, 3.05) is 27.2 Å². The number of hydrogen-bond donors (Lipinski definition) is 1. The summed E-state index contributed by atoms with van der Waals surface area (Å²) in [5, 5.41) is 2.96. The lowest BCUT2D eigenvalue weighted by Gasteiger charge is -2.25. The lowest BCUT2D eigenvalue weighted by Crippen LogP contribution is -2.36. The molecule has 2 unspecified atom stereocenters. The number of alkyl carbamates (subject to hydrolysis) is 1. The van der Waals surface area contributed by atoms with Crippen LogP contribution in [0.3, 0.4) is 0 Å². The number of hydrogen-bond acceptors (Lipinski definition) is 3. The van der Waals surface area contributed by atoms with Gasteiger partial charge in [-0.2, -0.15) is 0 Å². The number of likely N-dealkylation sites (N-methyl/N-ethyl adjacent to an activating group) is 1. The zero-order valence-corrected chi connectivity index (χ0v) is 27.6. The molecule has 4 nitrogen and oxygen atoms in total. The molecule has 2 atom stereocenters. The average molecular weight is 571 g/mol. The van der Waals surface area contributed by atoms with Crippen LogP contribution in [0, 0.1) is 5.92 Å². The summed E-state index contributed by atoms with van der Waals surface area (Å²) in [5.41, 5.74) is 0. The molecule has 41 heavy (non-hydrogen) atoms. The Morgan fingerprint density at radius 2 is 1.27 bits per heavy atom. The predicted molar refractivity (Wildman–Crippen MR) is 182 cm³/mol. The van der Waals surface area contributed by atoms with E-state index in [2.05, 4.69) is 91.7 Å². The van der Waals surface area contributed by atoms with Gasteiger partial charge in [0.05, 0.1) is 0 Å². The summed E-state index contributed by atoms with van der Waals surface area (Å²) in [5.74, 6) is 0.230. The van der Waals surface area contributed by atoms with Crippen LogP contribution in [-0.2, 0) is 4.74 Å². The number of amides is 1. The van der Waals surface area contributed by atoms with Crippen molar-refractivity contribution in [3.8, 4) is 0 Å². The summed E-state index contributed by atoms with van der Waals surface area (Å²) >= 11 is 0. The van der Waals surface area contributed by atoms with Gasteiger partial charge in [-0.1, -0.05) is 100 Å². The molecular formula is C37H66N2O2. The lowest BCUT2D eigenvalue weighted by molar-refractivity contribution is 0.0643. The first-order chi connectivity index (χ1) is 20.0. The molecule has 0 aromatic carbocycles. The first kappa shape index (κ1) is 38.9. The molecule has 0 spiro atoms. The third kappa shape index (κ3) is 27.9. The second-order valence-corrected chi connectivity index (χ2v) is 11.4. The number of carbonyl (C=O) groups is 1. The molecule has 0 radical (unpaired) electrons. The van der Waals surface area contributed by atoms with Gasteiger partial charge in [-0.15, -0.1) is 0 Å². The number of ether oxygens (including phenoxy) is 1. The molecule has 0 bridgehead atoms. The number of nitrogens with zero attached hydrogens (tertiary/aromatic N) is 1. The maximum absolute atomic E-state index is 12.8.